The standard InChI is InChI=1S/C16H15F2O7PS/c17-14-8-7-13(10-15(14)18)24-12-5-1-3-11(9-12)4-2-6-16(25-26(19)20)27(21,22)23/h1,3,5,7-10,16H,2,4,6H2,(H-,19,20,21,22,23)/p+1. The van der Waals surface area contributed by atoms with Gasteiger partial charge in [-0.3, -0.25) is 4.55 Å². The molecule has 0 aliphatic carbocycles. The van der Waals surface area contributed by atoms with Crippen LogP contribution in [0, 0.1) is 11.6 Å². The first kappa shape index (κ1) is 21.3. The fourth-order valence-corrected chi connectivity index (χ4v) is 3.70. The van der Waals surface area contributed by atoms with Crippen molar-refractivity contribution in [2.45, 2.75) is 24.7 Å². The number of benzene rings is 2. The Morgan fingerprint density at radius 2 is 1.78 bits per heavy atom. The minimum absolute atomic E-state index is 0.109. The summed E-state index contributed by atoms with van der Waals surface area (Å²) >= 11 is 0. The lowest BCUT2D eigenvalue weighted by molar-refractivity contribution is 0.225. The summed E-state index contributed by atoms with van der Waals surface area (Å²) in [5, 5.41) is 0. The molecular weight excluding hydrogens is 405 g/mol. The first-order valence-corrected chi connectivity index (χ1v) is 10.3. The van der Waals surface area contributed by atoms with Crippen LogP contribution in [0.2, 0.25) is 0 Å². The molecule has 2 aromatic rings. The van der Waals surface area contributed by atoms with Crippen molar-refractivity contribution in [3.63, 3.8) is 0 Å². The average Bonchev–Trinajstić information content (AvgIpc) is 2.56. The fraction of sp³-hybridized carbons (Fsp3) is 0.250. The number of ether oxygens (including phenoxy) is 1. The van der Waals surface area contributed by atoms with Gasteiger partial charge in [0, 0.05) is 10.6 Å². The molecule has 27 heavy (non-hydrogen) atoms. The largest absolute Gasteiger partial charge is 0.696 e. The Kier molecular flexibility index (Phi) is 7.34. The van der Waals surface area contributed by atoms with Crippen LogP contribution in [0.3, 0.4) is 0 Å². The molecule has 0 heterocycles. The van der Waals surface area contributed by atoms with E-state index in [1.165, 1.54) is 6.07 Å². The van der Waals surface area contributed by atoms with E-state index in [0.29, 0.717) is 12.2 Å². The molecule has 2 aromatic carbocycles. The minimum Gasteiger partial charge on any atom is -0.457 e. The molecule has 0 aromatic heterocycles. The summed E-state index contributed by atoms with van der Waals surface area (Å²) < 4.78 is 77.8. The average molecular weight is 421 g/mol. The number of aryl methyl sites for hydroxylation is 1. The van der Waals surface area contributed by atoms with Gasteiger partial charge in [0.1, 0.15) is 11.5 Å². The quantitative estimate of drug-likeness (QED) is 0.466. The fourth-order valence-electron chi connectivity index (χ4n) is 2.27. The molecule has 2 atom stereocenters. The molecular formula is C16H16F2O7PS+. The Labute approximate surface area is 155 Å². The van der Waals surface area contributed by atoms with Gasteiger partial charge in [0.05, 0.1) is 0 Å². The zero-order valence-corrected chi connectivity index (χ0v) is 15.5. The SMILES string of the molecule is O=[P+](O)OC(CCCc1cccc(Oc2ccc(F)c(F)c2)c1)S(=O)(=O)O. The summed E-state index contributed by atoms with van der Waals surface area (Å²) in [6.07, 6.45) is 0.379. The predicted molar refractivity (Wildman–Crippen MR) is 92.1 cm³/mol. The van der Waals surface area contributed by atoms with Crippen LogP contribution < -0.4 is 4.74 Å². The summed E-state index contributed by atoms with van der Waals surface area (Å²) in [7, 11) is -7.81. The molecule has 0 saturated carbocycles. The molecule has 0 bridgehead atoms. The van der Waals surface area contributed by atoms with Crippen LogP contribution in [0.15, 0.2) is 42.5 Å². The van der Waals surface area contributed by atoms with Crippen molar-refractivity contribution in [3.05, 3.63) is 59.7 Å². The number of hydrogen-bond acceptors (Lipinski definition) is 5. The molecule has 2 unspecified atom stereocenters. The number of halogens is 2. The van der Waals surface area contributed by atoms with Crippen LogP contribution in [-0.4, -0.2) is 23.3 Å². The molecule has 0 fully saturated rings. The van der Waals surface area contributed by atoms with E-state index in [9.17, 15) is 21.8 Å². The molecule has 0 radical (unpaired) electrons. The number of rotatable bonds is 9. The highest BCUT2D eigenvalue weighted by molar-refractivity contribution is 7.86. The molecule has 146 valence electrons. The molecule has 0 amide bonds. The third-order valence-corrected chi connectivity index (χ3v) is 5.04. The molecule has 7 nitrogen and oxygen atoms in total. The molecule has 2 rings (SSSR count). The smallest absolute Gasteiger partial charge is 0.457 e. The van der Waals surface area contributed by atoms with Crippen molar-refractivity contribution in [3.8, 4) is 11.5 Å². The van der Waals surface area contributed by atoms with E-state index >= 15 is 0 Å². The number of hydrogen-bond donors (Lipinski definition) is 2. The summed E-state index contributed by atoms with van der Waals surface area (Å²) in [6.45, 7) is 0. The van der Waals surface area contributed by atoms with Crippen molar-refractivity contribution in [1.29, 1.82) is 0 Å². The summed E-state index contributed by atoms with van der Waals surface area (Å²) in [4.78, 5) is 8.66. The second-order valence-electron chi connectivity index (χ2n) is 5.51. The summed E-state index contributed by atoms with van der Waals surface area (Å²) in [5.41, 5.74) is -1.06. The summed E-state index contributed by atoms with van der Waals surface area (Å²) in [5.74, 6) is -1.56. The third kappa shape index (κ3) is 6.93. The van der Waals surface area contributed by atoms with Gasteiger partial charge in [0.2, 0.25) is 5.44 Å². The van der Waals surface area contributed by atoms with Crippen LogP contribution in [0.1, 0.15) is 18.4 Å². The van der Waals surface area contributed by atoms with Crippen LogP contribution in [0.4, 0.5) is 8.78 Å². The van der Waals surface area contributed by atoms with E-state index in [1.807, 2.05) is 0 Å². The second-order valence-corrected chi connectivity index (χ2v) is 7.75. The monoisotopic (exact) mass is 421 g/mol. The van der Waals surface area contributed by atoms with Gasteiger partial charge >= 0.3 is 8.25 Å². The highest BCUT2D eigenvalue weighted by Gasteiger charge is 2.33. The van der Waals surface area contributed by atoms with E-state index in [4.69, 9.17) is 14.2 Å². The van der Waals surface area contributed by atoms with E-state index in [1.54, 1.807) is 24.3 Å². The van der Waals surface area contributed by atoms with Gasteiger partial charge in [0.15, 0.2) is 11.6 Å². The molecule has 2 N–H and O–H groups in total. The van der Waals surface area contributed by atoms with E-state index < -0.39 is 35.4 Å². The molecule has 0 spiro atoms. The maximum absolute atomic E-state index is 13.2. The van der Waals surface area contributed by atoms with Crippen molar-refractivity contribution >= 4 is 18.4 Å². The lowest BCUT2D eigenvalue weighted by Crippen LogP contribution is -2.21. The van der Waals surface area contributed by atoms with E-state index in [0.717, 1.165) is 17.7 Å². The van der Waals surface area contributed by atoms with Gasteiger partial charge < -0.3 is 4.74 Å². The predicted octanol–water partition coefficient (Wildman–Crippen LogP) is 3.96. The second kappa shape index (κ2) is 9.29. The first-order chi connectivity index (χ1) is 12.6. The maximum atomic E-state index is 13.2. The van der Waals surface area contributed by atoms with Gasteiger partial charge in [-0.25, -0.2) is 8.78 Å². The molecule has 0 aliphatic heterocycles. The Morgan fingerprint density at radius 3 is 2.41 bits per heavy atom. The lowest BCUT2D eigenvalue weighted by Gasteiger charge is -2.09. The third-order valence-electron chi connectivity index (χ3n) is 3.47. The van der Waals surface area contributed by atoms with Gasteiger partial charge in [-0.05, 0) is 49.1 Å². The highest BCUT2D eigenvalue weighted by Crippen LogP contribution is 2.26. The topological polar surface area (TPSA) is 110 Å². The van der Waals surface area contributed by atoms with Gasteiger partial charge in [-0.1, -0.05) is 16.7 Å². The normalized spacial score (nSPS) is 13.3. The first-order valence-electron chi connectivity index (χ1n) is 7.66. The molecule has 11 heteroatoms. The van der Waals surface area contributed by atoms with Crippen molar-refractivity contribution in [2.75, 3.05) is 0 Å². The van der Waals surface area contributed by atoms with Crippen molar-refractivity contribution in [1.82, 2.24) is 0 Å². The maximum Gasteiger partial charge on any atom is 0.696 e. The van der Waals surface area contributed by atoms with Gasteiger partial charge in [-0.2, -0.15) is 8.42 Å². The van der Waals surface area contributed by atoms with Crippen LogP contribution in [0.5, 0.6) is 11.5 Å². The van der Waals surface area contributed by atoms with E-state index in [-0.39, 0.29) is 18.6 Å². The Bertz CT molecular complexity index is 921. The Hall–Kier alpha value is -1.97. The Morgan fingerprint density at radius 1 is 1.07 bits per heavy atom. The highest BCUT2D eigenvalue weighted by atomic mass is 32.2. The Balaban J connectivity index is 1.98. The van der Waals surface area contributed by atoms with Crippen LogP contribution in [0.25, 0.3) is 0 Å². The van der Waals surface area contributed by atoms with Crippen molar-refractivity contribution in [2.24, 2.45) is 0 Å². The van der Waals surface area contributed by atoms with Gasteiger partial charge in [0.25, 0.3) is 10.1 Å². The molecule has 0 saturated heterocycles. The van der Waals surface area contributed by atoms with Crippen LogP contribution in [-0.2, 0) is 25.6 Å². The zero-order chi connectivity index (χ0) is 20.0. The zero-order valence-electron chi connectivity index (χ0n) is 13.8. The minimum atomic E-state index is -4.63. The van der Waals surface area contributed by atoms with Crippen molar-refractivity contribution < 1.29 is 40.5 Å². The van der Waals surface area contributed by atoms with Crippen LogP contribution >= 0.6 is 8.25 Å². The van der Waals surface area contributed by atoms with E-state index in [2.05, 4.69) is 4.52 Å². The molecule has 0 aliphatic rings. The van der Waals surface area contributed by atoms with Gasteiger partial charge in [-0.15, -0.1) is 4.89 Å². The lowest BCUT2D eigenvalue weighted by atomic mass is 10.1. The summed E-state index contributed by atoms with van der Waals surface area (Å²) in [6, 6.07) is 9.74.